The predicted molar refractivity (Wildman–Crippen MR) is 71.6 cm³/mol. The Morgan fingerprint density at radius 1 is 1.32 bits per heavy atom. The fraction of sp³-hybridized carbons (Fsp3) is 0.286. The molecule has 2 heterocycles. The number of fused-ring (bicyclic) bond motifs is 1. The highest BCUT2D eigenvalue weighted by molar-refractivity contribution is 5.51. The number of nitrogens with zero attached hydrogens (tertiary/aromatic N) is 2. The summed E-state index contributed by atoms with van der Waals surface area (Å²) in [5, 5.41) is 3.38. The molecule has 1 aliphatic rings. The van der Waals surface area contributed by atoms with E-state index in [4.69, 9.17) is 9.47 Å². The van der Waals surface area contributed by atoms with Crippen LogP contribution in [-0.4, -0.2) is 23.7 Å². The lowest BCUT2D eigenvalue weighted by Gasteiger charge is -2.15. The molecule has 1 unspecified atom stereocenters. The Kier molecular flexibility index (Phi) is 2.95. The fourth-order valence-corrected chi connectivity index (χ4v) is 2.23. The zero-order chi connectivity index (χ0) is 13.2. The van der Waals surface area contributed by atoms with Crippen molar-refractivity contribution in [3.8, 4) is 11.6 Å². The summed E-state index contributed by atoms with van der Waals surface area (Å²) in [7, 11) is 1.60. The Morgan fingerprint density at radius 3 is 3.00 bits per heavy atom. The topological polar surface area (TPSA) is 56.3 Å². The van der Waals surface area contributed by atoms with E-state index in [1.807, 2.05) is 25.1 Å². The van der Waals surface area contributed by atoms with Gasteiger partial charge in [0.2, 0.25) is 5.88 Å². The van der Waals surface area contributed by atoms with Crippen LogP contribution in [-0.2, 0) is 0 Å². The molecule has 1 N–H and O–H groups in total. The first kappa shape index (κ1) is 11.8. The number of aromatic nitrogens is 2. The molecule has 1 aromatic heterocycles. The molecule has 19 heavy (non-hydrogen) atoms. The van der Waals surface area contributed by atoms with Crippen molar-refractivity contribution in [3.05, 3.63) is 41.7 Å². The van der Waals surface area contributed by atoms with Crippen LogP contribution in [0.5, 0.6) is 11.6 Å². The number of methoxy groups -OCH3 is 1. The second-order valence-corrected chi connectivity index (χ2v) is 4.40. The van der Waals surface area contributed by atoms with Crippen LogP contribution in [0.15, 0.2) is 30.6 Å². The number of hydrogen-bond acceptors (Lipinski definition) is 5. The lowest BCUT2D eigenvalue weighted by molar-refractivity contribution is 0.339. The largest absolute Gasteiger partial charge is 0.491 e. The van der Waals surface area contributed by atoms with E-state index in [2.05, 4.69) is 21.4 Å². The minimum absolute atomic E-state index is 0.106. The maximum absolute atomic E-state index is 5.64. The molecule has 5 heteroatoms. The van der Waals surface area contributed by atoms with Gasteiger partial charge in [0.15, 0.2) is 0 Å². The highest BCUT2D eigenvalue weighted by Crippen LogP contribution is 2.34. The number of para-hydroxylation sites is 1. The number of rotatable bonds is 3. The van der Waals surface area contributed by atoms with Crippen LogP contribution in [0.4, 0.5) is 5.82 Å². The van der Waals surface area contributed by atoms with Gasteiger partial charge in [-0.1, -0.05) is 18.2 Å². The Hall–Kier alpha value is -2.30. The quantitative estimate of drug-likeness (QED) is 0.914. The van der Waals surface area contributed by atoms with E-state index in [-0.39, 0.29) is 6.04 Å². The molecule has 3 rings (SSSR count). The first-order chi connectivity index (χ1) is 9.29. The van der Waals surface area contributed by atoms with Crippen LogP contribution in [0, 0.1) is 6.92 Å². The number of hydrogen-bond donors (Lipinski definition) is 1. The van der Waals surface area contributed by atoms with Gasteiger partial charge in [-0.05, 0) is 13.0 Å². The maximum Gasteiger partial charge on any atom is 0.221 e. The minimum Gasteiger partial charge on any atom is -0.491 e. The van der Waals surface area contributed by atoms with Gasteiger partial charge in [-0.2, -0.15) is 0 Å². The normalized spacial score (nSPS) is 16.6. The molecule has 0 aliphatic carbocycles. The number of benzene rings is 1. The van der Waals surface area contributed by atoms with Gasteiger partial charge in [-0.3, -0.25) is 0 Å². The van der Waals surface area contributed by atoms with Crippen LogP contribution >= 0.6 is 0 Å². The Balaban J connectivity index is 1.87. The maximum atomic E-state index is 5.64. The Labute approximate surface area is 111 Å². The van der Waals surface area contributed by atoms with Gasteiger partial charge < -0.3 is 14.8 Å². The standard InChI is InChI=1S/C14H15N3O2/c1-9-13(15-8-16-14(9)18-2)17-11-7-19-12-6-4-3-5-10(11)12/h3-6,8,11H,7H2,1-2H3,(H,15,16,17). The molecule has 2 aromatic rings. The summed E-state index contributed by atoms with van der Waals surface area (Å²) >= 11 is 0. The van der Waals surface area contributed by atoms with E-state index in [1.165, 1.54) is 6.33 Å². The first-order valence-corrected chi connectivity index (χ1v) is 6.13. The zero-order valence-corrected chi connectivity index (χ0v) is 10.9. The predicted octanol–water partition coefficient (Wildman–Crippen LogP) is 2.34. The third-order valence-electron chi connectivity index (χ3n) is 3.24. The van der Waals surface area contributed by atoms with Crippen molar-refractivity contribution in [1.82, 2.24) is 9.97 Å². The molecule has 0 amide bonds. The van der Waals surface area contributed by atoms with Crippen LogP contribution in [0.2, 0.25) is 0 Å². The zero-order valence-electron chi connectivity index (χ0n) is 10.9. The second-order valence-electron chi connectivity index (χ2n) is 4.40. The van der Waals surface area contributed by atoms with Crippen molar-refractivity contribution in [2.45, 2.75) is 13.0 Å². The van der Waals surface area contributed by atoms with Crippen LogP contribution in [0.3, 0.4) is 0 Å². The summed E-state index contributed by atoms with van der Waals surface area (Å²) < 4.78 is 10.8. The number of ether oxygens (including phenoxy) is 2. The Bertz CT molecular complexity index is 601. The van der Waals surface area contributed by atoms with Gasteiger partial charge >= 0.3 is 0 Å². The minimum atomic E-state index is 0.106. The average molecular weight is 257 g/mol. The molecular weight excluding hydrogens is 242 g/mol. The van der Waals surface area contributed by atoms with E-state index < -0.39 is 0 Å². The van der Waals surface area contributed by atoms with Gasteiger partial charge in [-0.25, -0.2) is 9.97 Å². The van der Waals surface area contributed by atoms with E-state index in [0.717, 1.165) is 22.7 Å². The number of nitrogens with one attached hydrogen (secondary N) is 1. The summed E-state index contributed by atoms with van der Waals surface area (Å²) in [5.74, 6) is 2.29. The molecule has 1 aromatic carbocycles. The average Bonchev–Trinajstić information content (AvgIpc) is 2.85. The summed E-state index contributed by atoms with van der Waals surface area (Å²) in [6.07, 6.45) is 1.50. The van der Waals surface area contributed by atoms with Crippen LogP contribution in [0.1, 0.15) is 17.2 Å². The molecule has 98 valence electrons. The van der Waals surface area contributed by atoms with E-state index >= 15 is 0 Å². The van der Waals surface area contributed by atoms with E-state index in [1.54, 1.807) is 7.11 Å². The molecule has 0 fully saturated rings. The first-order valence-electron chi connectivity index (χ1n) is 6.13. The summed E-state index contributed by atoms with van der Waals surface area (Å²) in [5.41, 5.74) is 2.05. The van der Waals surface area contributed by atoms with Gasteiger partial charge in [0, 0.05) is 5.56 Å². The highest BCUT2D eigenvalue weighted by Gasteiger charge is 2.24. The molecule has 1 atom stereocenters. The lowest BCUT2D eigenvalue weighted by atomic mass is 10.1. The fourth-order valence-electron chi connectivity index (χ4n) is 2.23. The van der Waals surface area contributed by atoms with Crippen molar-refractivity contribution < 1.29 is 9.47 Å². The van der Waals surface area contributed by atoms with Crippen LogP contribution < -0.4 is 14.8 Å². The molecule has 0 saturated heterocycles. The lowest BCUT2D eigenvalue weighted by Crippen LogP contribution is -2.14. The third-order valence-corrected chi connectivity index (χ3v) is 3.24. The molecular formula is C14H15N3O2. The number of anilines is 1. The summed E-state index contributed by atoms with van der Waals surface area (Å²) in [4.78, 5) is 8.34. The van der Waals surface area contributed by atoms with Gasteiger partial charge in [0.1, 0.15) is 24.5 Å². The highest BCUT2D eigenvalue weighted by atomic mass is 16.5. The SMILES string of the molecule is COc1ncnc(NC2COc3ccccc32)c1C. The summed E-state index contributed by atoms with van der Waals surface area (Å²) in [6.45, 7) is 2.54. The monoisotopic (exact) mass is 257 g/mol. The van der Waals surface area contributed by atoms with Gasteiger partial charge in [-0.15, -0.1) is 0 Å². The van der Waals surface area contributed by atoms with Gasteiger partial charge in [0.25, 0.3) is 0 Å². The van der Waals surface area contributed by atoms with Crippen LogP contribution in [0.25, 0.3) is 0 Å². The molecule has 0 saturated carbocycles. The third kappa shape index (κ3) is 2.07. The second kappa shape index (κ2) is 4.76. The molecule has 0 spiro atoms. The Morgan fingerprint density at radius 2 is 2.16 bits per heavy atom. The van der Waals surface area contributed by atoms with Crippen molar-refractivity contribution in [3.63, 3.8) is 0 Å². The molecule has 5 nitrogen and oxygen atoms in total. The van der Waals surface area contributed by atoms with Gasteiger partial charge in [0.05, 0.1) is 18.7 Å². The van der Waals surface area contributed by atoms with Crippen molar-refractivity contribution >= 4 is 5.82 Å². The summed E-state index contributed by atoms with van der Waals surface area (Å²) in [6, 6.07) is 8.13. The molecule has 0 bridgehead atoms. The molecule has 0 radical (unpaired) electrons. The smallest absolute Gasteiger partial charge is 0.221 e. The molecule has 1 aliphatic heterocycles. The van der Waals surface area contributed by atoms with Crippen molar-refractivity contribution in [2.24, 2.45) is 0 Å². The van der Waals surface area contributed by atoms with E-state index in [0.29, 0.717) is 12.5 Å². The van der Waals surface area contributed by atoms with E-state index in [9.17, 15) is 0 Å². The van der Waals surface area contributed by atoms with Crippen molar-refractivity contribution in [2.75, 3.05) is 19.0 Å². The van der Waals surface area contributed by atoms with Crippen molar-refractivity contribution in [1.29, 1.82) is 0 Å².